The molecule has 0 heterocycles. The standard InChI is InChI=1S/C17H25ClFNO/c1-17(2,3)13(8-9-20)4-6-15(21)11-12-10-14(18)5-7-16(12)19/h5,7,10,13H,4,6,8-9,11,20H2,1-3H3. The Labute approximate surface area is 131 Å². The number of benzene rings is 1. The summed E-state index contributed by atoms with van der Waals surface area (Å²) >= 11 is 5.84. The smallest absolute Gasteiger partial charge is 0.137 e. The summed E-state index contributed by atoms with van der Waals surface area (Å²) in [5, 5.41) is 0.454. The van der Waals surface area contributed by atoms with E-state index in [2.05, 4.69) is 20.8 Å². The van der Waals surface area contributed by atoms with Crippen LogP contribution in [-0.2, 0) is 11.2 Å². The second-order valence-electron chi connectivity index (χ2n) is 6.63. The van der Waals surface area contributed by atoms with Gasteiger partial charge in [0.2, 0.25) is 0 Å². The first-order chi connectivity index (χ1) is 9.74. The lowest BCUT2D eigenvalue weighted by Crippen LogP contribution is -2.24. The summed E-state index contributed by atoms with van der Waals surface area (Å²) in [6.45, 7) is 7.11. The van der Waals surface area contributed by atoms with Crippen LogP contribution >= 0.6 is 11.6 Å². The van der Waals surface area contributed by atoms with Gasteiger partial charge in [-0.25, -0.2) is 4.39 Å². The van der Waals surface area contributed by atoms with Gasteiger partial charge in [-0.1, -0.05) is 32.4 Å². The highest BCUT2D eigenvalue weighted by atomic mass is 35.5. The van der Waals surface area contributed by atoms with Gasteiger partial charge in [0, 0.05) is 17.9 Å². The Bertz CT molecular complexity index is 482. The third-order valence-electron chi connectivity index (χ3n) is 3.91. The minimum absolute atomic E-state index is 0.0439. The van der Waals surface area contributed by atoms with Crippen molar-refractivity contribution in [1.29, 1.82) is 0 Å². The quantitative estimate of drug-likeness (QED) is 0.811. The van der Waals surface area contributed by atoms with Gasteiger partial charge in [0.25, 0.3) is 0 Å². The Kier molecular flexibility index (Phi) is 6.82. The first-order valence-corrected chi connectivity index (χ1v) is 7.77. The Morgan fingerprint density at radius 1 is 1.33 bits per heavy atom. The molecule has 0 aromatic heterocycles. The number of nitrogens with two attached hydrogens (primary N) is 1. The summed E-state index contributed by atoms with van der Waals surface area (Å²) in [4.78, 5) is 12.1. The maximum atomic E-state index is 13.6. The van der Waals surface area contributed by atoms with Gasteiger partial charge in [-0.05, 0) is 54.5 Å². The van der Waals surface area contributed by atoms with E-state index in [0.29, 0.717) is 29.5 Å². The molecule has 0 fully saturated rings. The van der Waals surface area contributed by atoms with Gasteiger partial charge in [-0.15, -0.1) is 0 Å². The van der Waals surface area contributed by atoms with Crippen LogP contribution in [0.5, 0.6) is 0 Å². The van der Waals surface area contributed by atoms with Gasteiger partial charge in [0.1, 0.15) is 11.6 Å². The third kappa shape index (κ3) is 6.15. The van der Waals surface area contributed by atoms with Crippen molar-refractivity contribution < 1.29 is 9.18 Å². The molecular weight excluding hydrogens is 289 g/mol. The van der Waals surface area contributed by atoms with Crippen molar-refractivity contribution in [3.8, 4) is 0 Å². The maximum absolute atomic E-state index is 13.6. The van der Waals surface area contributed by atoms with E-state index in [9.17, 15) is 9.18 Å². The van der Waals surface area contributed by atoms with Crippen LogP contribution in [0.15, 0.2) is 18.2 Å². The van der Waals surface area contributed by atoms with Gasteiger partial charge in [0.15, 0.2) is 0 Å². The fourth-order valence-corrected chi connectivity index (χ4v) is 2.72. The SMILES string of the molecule is CC(C)(C)C(CCN)CCC(=O)Cc1cc(Cl)ccc1F. The highest BCUT2D eigenvalue weighted by Gasteiger charge is 2.24. The molecule has 4 heteroatoms. The van der Waals surface area contributed by atoms with E-state index in [-0.39, 0.29) is 23.4 Å². The van der Waals surface area contributed by atoms with Gasteiger partial charge in [-0.3, -0.25) is 4.79 Å². The van der Waals surface area contributed by atoms with Crippen molar-refractivity contribution in [2.75, 3.05) is 6.54 Å². The predicted octanol–water partition coefficient (Wildman–Crippen LogP) is 4.38. The van der Waals surface area contributed by atoms with Crippen LogP contribution in [-0.4, -0.2) is 12.3 Å². The summed E-state index contributed by atoms with van der Waals surface area (Å²) in [7, 11) is 0. The molecule has 2 nitrogen and oxygen atoms in total. The zero-order chi connectivity index (χ0) is 16.0. The lowest BCUT2D eigenvalue weighted by molar-refractivity contribution is -0.118. The molecule has 0 radical (unpaired) electrons. The second-order valence-corrected chi connectivity index (χ2v) is 7.07. The van der Waals surface area contributed by atoms with E-state index in [1.165, 1.54) is 18.2 Å². The van der Waals surface area contributed by atoms with Crippen LogP contribution in [0.3, 0.4) is 0 Å². The average Bonchev–Trinajstić information content (AvgIpc) is 2.37. The minimum atomic E-state index is -0.373. The first-order valence-electron chi connectivity index (χ1n) is 7.39. The lowest BCUT2D eigenvalue weighted by Gasteiger charge is -2.30. The second kappa shape index (κ2) is 7.90. The highest BCUT2D eigenvalue weighted by molar-refractivity contribution is 6.30. The van der Waals surface area contributed by atoms with Gasteiger partial charge in [-0.2, -0.15) is 0 Å². The molecule has 0 spiro atoms. The van der Waals surface area contributed by atoms with Crippen LogP contribution in [0.25, 0.3) is 0 Å². The number of carbonyl (C=O) groups is 1. The lowest BCUT2D eigenvalue weighted by atomic mass is 9.76. The molecule has 0 saturated heterocycles. The maximum Gasteiger partial charge on any atom is 0.137 e. The molecular formula is C17H25ClFNO. The molecule has 1 aromatic carbocycles. The van der Waals surface area contributed by atoms with E-state index in [1.807, 2.05) is 0 Å². The number of ketones is 1. The number of hydrogen-bond acceptors (Lipinski definition) is 2. The molecule has 1 aromatic rings. The Balaban J connectivity index is 2.59. The minimum Gasteiger partial charge on any atom is -0.330 e. The molecule has 1 unspecified atom stereocenters. The van der Waals surface area contributed by atoms with Crippen LogP contribution in [0.1, 0.15) is 45.6 Å². The van der Waals surface area contributed by atoms with E-state index < -0.39 is 0 Å². The van der Waals surface area contributed by atoms with Crippen molar-refractivity contribution in [2.24, 2.45) is 17.1 Å². The van der Waals surface area contributed by atoms with Crippen molar-refractivity contribution in [2.45, 2.75) is 46.5 Å². The summed E-state index contributed by atoms with van der Waals surface area (Å²) in [6.07, 6.45) is 2.25. The average molecular weight is 314 g/mol. The molecule has 0 aliphatic heterocycles. The molecule has 0 amide bonds. The number of Topliss-reactive ketones (excluding diaryl/α,β-unsaturated/α-hetero) is 1. The van der Waals surface area contributed by atoms with Gasteiger partial charge >= 0.3 is 0 Å². The van der Waals surface area contributed by atoms with Gasteiger partial charge < -0.3 is 5.73 Å². The molecule has 21 heavy (non-hydrogen) atoms. The van der Waals surface area contributed by atoms with E-state index in [1.54, 1.807) is 0 Å². The topological polar surface area (TPSA) is 43.1 Å². The molecule has 0 saturated carbocycles. The van der Waals surface area contributed by atoms with Crippen molar-refractivity contribution >= 4 is 17.4 Å². The monoisotopic (exact) mass is 313 g/mol. The molecule has 0 bridgehead atoms. The fraction of sp³-hybridized carbons (Fsp3) is 0.588. The van der Waals surface area contributed by atoms with Crippen LogP contribution in [0.2, 0.25) is 5.02 Å². The molecule has 118 valence electrons. The zero-order valence-electron chi connectivity index (χ0n) is 13.1. The fourth-order valence-electron chi connectivity index (χ4n) is 2.53. The van der Waals surface area contributed by atoms with Crippen LogP contribution < -0.4 is 5.73 Å². The molecule has 0 aliphatic rings. The van der Waals surface area contributed by atoms with E-state index in [4.69, 9.17) is 17.3 Å². The van der Waals surface area contributed by atoms with Crippen molar-refractivity contribution in [3.05, 3.63) is 34.6 Å². The number of carbonyl (C=O) groups excluding carboxylic acids is 1. The summed E-state index contributed by atoms with van der Waals surface area (Å²) in [5.41, 5.74) is 6.14. The number of hydrogen-bond donors (Lipinski definition) is 1. The van der Waals surface area contributed by atoms with Crippen molar-refractivity contribution in [1.82, 2.24) is 0 Å². The molecule has 2 N–H and O–H groups in total. The molecule has 0 aliphatic carbocycles. The first kappa shape index (κ1) is 18.1. The van der Waals surface area contributed by atoms with E-state index >= 15 is 0 Å². The van der Waals surface area contributed by atoms with E-state index in [0.717, 1.165) is 12.8 Å². The number of rotatable bonds is 7. The van der Waals surface area contributed by atoms with Crippen molar-refractivity contribution in [3.63, 3.8) is 0 Å². The normalized spacial score (nSPS) is 13.2. The summed E-state index contributed by atoms with van der Waals surface area (Å²) in [5.74, 6) is 0.0696. The Hall–Kier alpha value is -0.930. The summed E-state index contributed by atoms with van der Waals surface area (Å²) < 4.78 is 13.6. The highest BCUT2D eigenvalue weighted by Crippen LogP contribution is 2.32. The Morgan fingerprint density at radius 2 is 2.00 bits per heavy atom. The summed E-state index contributed by atoms with van der Waals surface area (Å²) in [6, 6.07) is 4.31. The molecule has 1 atom stereocenters. The molecule has 1 rings (SSSR count). The van der Waals surface area contributed by atoms with Gasteiger partial charge in [0.05, 0.1) is 0 Å². The third-order valence-corrected chi connectivity index (χ3v) is 4.14. The van der Waals surface area contributed by atoms with Crippen LogP contribution in [0.4, 0.5) is 4.39 Å². The van der Waals surface area contributed by atoms with Crippen LogP contribution in [0, 0.1) is 17.2 Å². The largest absolute Gasteiger partial charge is 0.330 e. The predicted molar refractivity (Wildman–Crippen MR) is 86.0 cm³/mol. The number of halogens is 2. The zero-order valence-corrected chi connectivity index (χ0v) is 13.8. The Morgan fingerprint density at radius 3 is 2.57 bits per heavy atom.